The monoisotopic (exact) mass is 190 g/mol. The fourth-order valence-corrected chi connectivity index (χ4v) is 1.93. The molecule has 0 radical (unpaired) electrons. The van der Waals surface area contributed by atoms with Gasteiger partial charge in [-0.3, -0.25) is 0 Å². The predicted octanol–water partition coefficient (Wildman–Crippen LogP) is 2.30. The Labute approximate surface area is 85.3 Å². The van der Waals surface area contributed by atoms with Crippen molar-refractivity contribution in [3.05, 3.63) is 28.8 Å². The van der Waals surface area contributed by atoms with Gasteiger partial charge in [0.1, 0.15) is 0 Å². The lowest BCUT2D eigenvalue weighted by Gasteiger charge is -2.14. The van der Waals surface area contributed by atoms with Crippen molar-refractivity contribution in [3.8, 4) is 0 Å². The van der Waals surface area contributed by atoms with Crippen LogP contribution in [0, 0.1) is 19.8 Å². The summed E-state index contributed by atoms with van der Waals surface area (Å²) in [7, 11) is 0. The summed E-state index contributed by atoms with van der Waals surface area (Å²) >= 11 is 0. The van der Waals surface area contributed by atoms with Crippen LogP contribution in [0.2, 0.25) is 0 Å². The van der Waals surface area contributed by atoms with E-state index < -0.39 is 0 Å². The molecule has 1 aromatic carbocycles. The van der Waals surface area contributed by atoms with Gasteiger partial charge in [-0.05, 0) is 49.3 Å². The predicted molar refractivity (Wildman–Crippen MR) is 60.0 cm³/mol. The Hall–Kier alpha value is -1.02. The van der Waals surface area contributed by atoms with Crippen molar-refractivity contribution >= 4 is 5.69 Å². The number of hydrogen-bond donors (Lipinski definition) is 2. The second kappa shape index (κ2) is 3.28. The number of aryl methyl sites for hydroxylation is 2. The Morgan fingerprint density at radius 2 is 1.71 bits per heavy atom. The lowest BCUT2D eigenvalue weighted by Crippen LogP contribution is -2.13. The molecule has 1 aromatic rings. The molecule has 14 heavy (non-hydrogen) atoms. The van der Waals surface area contributed by atoms with Gasteiger partial charge in [0.05, 0.1) is 0 Å². The molecular formula is C12H18N2. The summed E-state index contributed by atoms with van der Waals surface area (Å²) < 4.78 is 0. The van der Waals surface area contributed by atoms with Crippen LogP contribution in [-0.4, -0.2) is 0 Å². The van der Waals surface area contributed by atoms with Crippen LogP contribution in [0.15, 0.2) is 12.1 Å². The molecule has 0 heterocycles. The first kappa shape index (κ1) is 9.53. The molecule has 1 fully saturated rings. The second-order valence-electron chi connectivity index (χ2n) is 4.43. The molecule has 0 aromatic heterocycles. The molecule has 2 rings (SSSR count). The third-order valence-electron chi connectivity index (χ3n) is 3.13. The molecule has 0 aliphatic heterocycles. The smallest absolute Gasteiger partial charge is 0.0373 e. The summed E-state index contributed by atoms with van der Waals surface area (Å²) in [6, 6.07) is 4.48. The summed E-state index contributed by atoms with van der Waals surface area (Å²) in [5.41, 5.74) is 16.5. The molecule has 2 nitrogen and oxygen atoms in total. The van der Waals surface area contributed by atoms with Gasteiger partial charge in [0.15, 0.2) is 0 Å². The largest absolute Gasteiger partial charge is 0.398 e. The van der Waals surface area contributed by atoms with Crippen molar-refractivity contribution in [3.63, 3.8) is 0 Å². The van der Waals surface area contributed by atoms with Crippen molar-refractivity contribution in [1.82, 2.24) is 0 Å². The number of benzene rings is 1. The number of hydrogen-bond acceptors (Lipinski definition) is 2. The van der Waals surface area contributed by atoms with Gasteiger partial charge < -0.3 is 11.5 Å². The second-order valence-corrected chi connectivity index (χ2v) is 4.43. The van der Waals surface area contributed by atoms with Gasteiger partial charge >= 0.3 is 0 Å². The number of nitrogens with two attached hydrogens (primary N) is 2. The molecule has 1 aliphatic carbocycles. The maximum absolute atomic E-state index is 6.15. The van der Waals surface area contributed by atoms with Crippen LogP contribution in [0.1, 0.15) is 35.6 Å². The minimum Gasteiger partial charge on any atom is -0.398 e. The van der Waals surface area contributed by atoms with E-state index in [0.29, 0.717) is 5.92 Å². The van der Waals surface area contributed by atoms with E-state index >= 15 is 0 Å². The van der Waals surface area contributed by atoms with E-state index in [0.717, 1.165) is 16.8 Å². The minimum atomic E-state index is 0.216. The number of anilines is 1. The highest BCUT2D eigenvalue weighted by Crippen LogP contribution is 2.40. The SMILES string of the molecule is Cc1cc(C(N)C2CC2)cc(C)c1N. The Morgan fingerprint density at radius 3 is 2.14 bits per heavy atom. The van der Waals surface area contributed by atoms with Crippen LogP contribution in [-0.2, 0) is 0 Å². The molecule has 4 N–H and O–H groups in total. The third-order valence-corrected chi connectivity index (χ3v) is 3.13. The molecule has 1 atom stereocenters. The summed E-state index contributed by atoms with van der Waals surface area (Å²) in [5, 5.41) is 0. The van der Waals surface area contributed by atoms with E-state index in [9.17, 15) is 0 Å². The van der Waals surface area contributed by atoms with Crippen LogP contribution >= 0.6 is 0 Å². The third kappa shape index (κ3) is 1.62. The van der Waals surface area contributed by atoms with E-state index in [4.69, 9.17) is 11.5 Å². The summed E-state index contributed by atoms with van der Waals surface area (Å²) in [4.78, 5) is 0. The highest BCUT2D eigenvalue weighted by Gasteiger charge is 2.29. The maximum atomic E-state index is 6.15. The van der Waals surface area contributed by atoms with E-state index in [2.05, 4.69) is 12.1 Å². The lowest BCUT2D eigenvalue weighted by atomic mass is 9.97. The standard InChI is InChI=1S/C12H18N2/c1-7-5-10(6-8(2)11(7)13)12(14)9-3-4-9/h5-6,9,12H,3-4,13-14H2,1-2H3. The molecule has 0 amide bonds. The van der Waals surface area contributed by atoms with Gasteiger partial charge in [-0.15, -0.1) is 0 Å². The highest BCUT2D eigenvalue weighted by molar-refractivity contribution is 5.54. The van der Waals surface area contributed by atoms with Crippen LogP contribution in [0.4, 0.5) is 5.69 Å². The van der Waals surface area contributed by atoms with E-state index in [1.807, 2.05) is 13.8 Å². The molecule has 1 saturated carbocycles. The van der Waals surface area contributed by atoms with Gasteiger partial charge in [-0.25, -0.2) is 0 Å². The summed E-state index contributed by atoms with van der Waals surface area (Å²) in [6.45, 7) is 4.09. The maximum Gasteiger partial charge on any atom is 0.0373 e. The van der Waals surface area contributed by atoms with Crippen molar-refractivity contribution in [2.45, 2.75) is 32.7 Å². The molecule has 1 aliphatic rings. The topological polar surface area (TPSA) is 52.0 Å². The normalized spacial score (nSPS) is 18.2. The average molecular weight is 190 g/mol. The first-order valence-corrected chi connectivity index (χ1v) is 5.22. The Morgan fingerprint density at radius 1 is 1.21 bits per heavy atom. The molecule has 0 spiro atoms. The fourth-order valence-electron chi connectivity index (χ4n) is 1.93. The Balaban J connectivity index is 2.34. The minimum absolute atomic E-state index is 0.216. The summed E-state index contributed by atoms with van der Waals surface area (Å²) in [6.07, 6.45) is 2.56. The Kier molecular flexibility index (Phi) is 2.23. The zero-order valence-corrected chi connectivity index (χ0v) is 8.88. The average Bonchev–Trinajstić information content (AvgIpc) is 2.95. The first-order valence-electron chi connectivity index (χ1n) is 5.22. The van der Waals surface area contributed by atoms with Gasteiger partial charge in [0.25, 0.3) is 0 Å². The molecule has 0 bridgehead atoms. The molecule has 2 heteroatoms. The number of rotatable bonds is 2. The van der Waals surface area contributed by atoms with Gasteiger partial charge in [0, 0.05) is 11.7 Å². The zero-order chi connectivity index (χ0) is 10.3. The molecule has 0 saturated heterocycles. The van der Waals surface area contributed by atoms with Crippen molar-refractivity contribution in [2.24, 2.45) is 11.7 Å². The quantitative estimate of drug-likeness (QED) is 0.703. The summed E-state index contributed by atoms with van der Waals surface area (Å²) in [5.74, 6) is 0.706. The first-order chi connectivity index (χ1) is 6.59. The lowest BCUT2D eigenvalue weighted by molar-refractivity contribution is 0.632. The fraction of sp³-hybridized carbons (Fsp3) is 0.500. The van der Waals surface area contributed by atoms with E-state index in [1.54, 1.807) is 0 Å². The zero-order valence-electron chi connectivity index (χ0n) is 8.88. The Bertz CT molecular complexity index is 330. The van der Waals surface area contributed by atoms with Crippen LogP contribution in [0.3, 0.4) is 0 Å². The van der Waals surface area contributed by atoms with Crippen LogP contribution < -0.4 is 11.5 Å². The van der Waals surface area contributed by atoms with Crippen LogP contribution in [0.25, 0.3) is 0 Å². The van der Waals surface area contributed by atoms with E-state index in [1.165, 1.54) is 18.4 Å². The van der Waals surface area contributed by atoms with Crippen molar-refractivity contribution < 1.29 is 0 Å². The number of nitrogen functional groups attached to an aromatic ring is 1. The van der Waals surface area contributed by atoms with Crippen molar-refractivity contribution in [2.75, 3.05) is 5.73 Å². The van der Waals surface area contributed by atoms with E-state index in [-0.39, 0.29) is 6.04 Å². The van der Waals surface area contributed by atoms with Gasteiger partial charge in [-0.2, -0.15) is 0 Å². The van der Waals surface area contributed by atoms with Crippen LogP contribution in [0.5, 0.6) is 0 Å². The molecule has 1 unspecified atom stereocenters. The molecular weight excluding hydrogens is 172 g/mol. The molecule has 76 valence electrons. The highest BCUT2D eigenvalue weighted by atomic mass is 14.7. The van der Waals surface area contributed by atoms with Gasteiger partial charge in [0.2, 0.25) is 0 Å². The van der Waals surface area contributed by atoms with Crippen molar-refractivity contribution in [1.29, 1.82) is 0 Å². The van der Waals surface area contributed by atoms with Gasteiger partial charge in [-0.1, -0.05) is 12.1 Å².